The van der Waals surface area contributed by atoms with Crippen LogP contribution in [0.3, 0.4) is 0 Å². The molecule has 3 aliphatic rings. The Labute approximate surface area is 217 Å². The van der Waals surface area contributed by atoms with E-state index in [2.05, 4.69) is 6.92 Å². The molecule has 3 saturated heterocycles. The highest BCUT2D eigenvalue weighted by atomic mass is 32.2. The molecule has 36 heavy (non-hydrogen) atoms. The quantitative estimate of drug-likeness (QED) is 0.207. The van der Waals surface area contributed by atoms with Gasteiger partial charge in [0.1, 0.15) is 36.5 Å². The molecule has 0 aromatic heterocycles. The molecule has 0 radical (unpaired) electrons. The normalized spacial score (nSPS) is 30.8. The predicted octanol–water partition coefficient (Wildman–Crippen LogP) is 4.61. The van der Waals surface area contributed by atoms with Gasteiger partial charge in [-0.3, -0.25) is 8.98 Å². The lowest BCUT2D eigenvalue weighted by atomic mass is 9.98. The third-order valence-electron chi connectivity index (χ3n) is 6.86. The maximum absolute atomic E-state index is 12.6. The zero-order chi connectivity index (χ0) is 26.5. The Kier molecular flexibility index (Phi) is 10.4. The number of hydrogen-bond donors (Lipinski definition) is 0. The number of carbonyl (C=O) groups is 1. The molecule has 0 bridgehead atoms. The fraction of sp³-hybridized carbons (Fsp3) is 0.962. The summed E-state index contributed by atoms with van der Waals surface area (Å²) < 4.78 is 60.3. The van der Waals surface area contributed by atoms with Crippen LogP contribution < -0.4 is 0 Å². The monoisotopic (exact) mass is 534 g/mol. The molecule has 10 heteroatoms. The Hall–Kier alpha value is -0.620. The summed E-state index contributed by atoms with van der Waals surface area (Å²) in [7, 11) is -4.11. The summed E-state index contributed by atoms with van der Waals surface area (Å²) in [5, 5.41) is 0. The van der Waals surface area contributed by atoms with Crippen LogP contribution in [-0.2, 0) is 42.8 Å². The van der Waals surface area contributed by atoms with Gasteiger partial charge < -0.3 is 23.7 Å². The molecule has 0 spiro atoms. The van der Waals surface area contributed by atoms with Gasteiger partial charge in [0.2, 0.25) is 5.79 Å². The van der Waals surface area contributed by atoms with E-state index in [4.69, 9.17) is 27.9 Å². The summed E-state index contributed by atoms with van der Waals surface area (Å²) in [5.74, 6) is -4.33. The molecule has 4 atom stereocenters. The first-order chi connectivity index (χ1) is 16.9. The number of carbonyl (C=O) groups excluding carboxylic acids is 1. The summed E-state index contributed by atoms with van der Waals surface area (Å²) in [5.41, 5.74) is 0. The van der Waals surface area contributed by atoms with Crippen molar-refractivity contribution in [3.8, 4) is 0 Å². The SMILES string of the molecule is CCCCCCCCCCCCC(=O)CS(=O)(=O)OC[C@@]12OC[C@H]3OC(C)(C)O[C@H]3C1OC(C)(C)O2. The predicted molar refractivity (Wildman–Crippen MR) is 134 cm³/mol. The van der Waals surface area contributed by atoms with Crippen molar-refractivity contribution in [3.63, 3.8) is 0 Å². The summed E-state index contributed by atoms with van der Waals surface area (Å²) in [6.07, 6.45) is 10.2. The molecule has 0 aliphatic carbocycles. The van der Waals surface area contributed by atoms with Crippen LogP contribution in [0.4, 0.5) is 0 Å². The molecular formula is C26H46O9S. The highest BCUT2D eigenvalue weighted by Gasteiger charge is 2.65. The molecule has 9 nitrogen and oxygen atoms in total. The van der Waals surface area contributed by atoms with Gasteiger partial charge >= 0.3 is 0 Å². The van der Waals surface area contributed by atoms with Crippen molar-refractivity contribution in [3.05, 3.63) is 0 Å². The van der Waals surface area contributed by atoms with E-state index in [-0.39, 0.29) is 24.9 Å². The first-order valence-electron chi connectivity index (χ1n) is 13.6. The van der Waals surface area contributed by atoms with Crippen LogP contribution in [0.1, 0.15) is 105 Å². The summed E-state index contributed by atoms with van der Waals surface area (Å²) >= 11 is 0. The van der Waals surface area contributed by atoms with E-state index in [0.29, 0.717) is 6.42 Å². The van der Waals surface area contributed by atoms with E-state index < -0.39 is 52.0 Å². The topological polar surface area (TPSA) is 107 Å². The van der Waals surface area contributed by atoms with Gasteiger partial charge in [-0.05, 0) is 34.1 Å². The molecular weight excluding hydrogens is 488 g/mol. The van der Waals surface area contributed by atoms with Crippen LogP contribution in [0.15, 0.2) is 0 Å². The highest BCUT2D eigenvalue weighted by molar-refractivity contribution is 7.87. The van der Waals surface area contributed by atoms with E-state index in [1.807, 2.05) is 0 Å². The van der Waals surface area contributed by atoms with Gasteiger partial charge in [0, 0.05) is 6.42 Å². The minimum Gasteiger partial charge on any atom is -0.343 e. The zero-order valence-electron chi connectivity index (χ0n) is 22.7. The van der Waals surface area contributed by atoms with Crippen LogP contribution in [-0.4, -0.2) is 68.8 Å². The number of rotatable bonds is 16. The maximum Gasteiger partial charge on any atom is 0.274 e. The Morgan fingerprint density at radius 3 is 2.11 bits per heavy atom. The van der Waals surface area contributed by atoms with Crippen molar-refractivity contribution < 1.29 is 41.1 Å². The second-order valence-electron chi connectivity index (χ2n) is 11.2. The summed E-state index contributed by atoms with van der Waals surface area (Å²) in [6.45, 7) is 8.97. The molecule has 3 aliphatic heterocycles. The van der Waals surface area contributed by atoms with Crippen molar-refractivity contribution in [1.29, 1.82) is 0 Å². The zero-order valence-corrected chi connectivity index (χ0v) is 23.5. The van der Waals surface area contributed by atoms with Gasteiger partial charge in [-0.25, -0.2) is 0 Å². The van der Waals surface area contributed by atoms with E-state index in [1.165, 1.54) is 38.5 Å². The van der Waals surface area contributed by atoms with Gasteiger partial charge in [0.25, 0.3) is 10.1 Å². The molecule has 1 unspecified atom stereocenters. The Balaban J connectivity index is 1.41. The number of ether oxygens (including phenoxy) is 5. The number of ketones is 1. The third-order valence-corrected chi connectivity index (χ3v) is 8.01. The third kappa shape index (κ3) is 8.44. The highest BCUT2D eigenvalue weighted by Crippen LogP contribution is 2.47. The minimum absolute atomic E-state index is 0.144. The molecule has 3 fully saturated rings. The van der Waals surface area contributed by atoms with Crippen LogP contribution in [0.5, 0.6) is 0 Å². The summed E-state index contributed by atoms with van der Waals surface area (Å²) in [6, 6.07) is 0. The fourth-order valence-electron chi connectivity index (χ4n) is 5.24. The van der Waals surface area contributed by atoms with Crippen molar-refractivity contribution in [2.75, 3.05) is 19.0 Å². The van der Waals surface area contributed by atoms with E-state index in [9.17, 15) is 13.2 Å². The smallest absolute Gasteiger partial charge is 0.274 e. The van der Waals surface area contributed by atoms with Crippen molar-refractivity contribution in [2.24, 2.45) is 0 Å². The Bertz CT molecular complexity index is 825. The maximum atomic E-state index is 12.6. The van der Waals surface area contributed by atoms with Crippen molar-refractivity contribution in [1.82, 2.24) is 0 Å². The van der Waals surface area contributed by atoms with Gasteiger partial charge in [-0.1, -0.05) is 64.7 Å². The van der Waals surface area contributed by atoms with Crippen molar-refractivity contribution in [2.45, 2.75) is 141 Å². The molecule has 0 aromatic carbocycles. The molecule has 0 amide bonds. The van der Waals surface area contributed by atoms with Gasteiger partial charge in [-0.2, -0.15) is 8.42 Å². The second kappa shape index (κ2) is 12.5. The number of hydrogen-bond acceptors (Lipinski definition) is 9. The number of Topliss-reactive ketones (excluding diaryl/α,β-unsaturated/α-hetero) is 1. The van der Waals surface area contributed by atoms with E-state index in [1.54, 1.807) is 27.7 Å². The van der Waals surface area contributed by atoms with E-state index >= 15 is 0 Å². The number of unbranched alkanes of at least 4 members (excludes halogenated alkanes) is 9. The van der Waals surface area contributed by atoms with Crippen LogP contribution in [0, 0.1) is 0 Å². The lowest BCUT2D eigenvalue weighted by Crippen LogP contribution is -2.60. The van der Waals surface area contributed by atoms with E-state index in [0.717, 1.165) is 19.3 Å². The van der Waals surface area contributed by atoms with Crippen LogP contribution >= 0.6 is 0 Å². The second-order valence-corrected chi connectivity index (χ2v) is 12.9. The number of fused-ring (bicyclic) bond motifs is 3. The van der Waals surface area contributed by atoms with Crippen LogP contribution in [0.25, 0.3) is 0 Å². The van der Waals surface area contributed by atoms with Crippen LogP contribution in [0.2, 0.25) is 0 Å². The van der Waals surface area contributed by atoms with Crippen molar-refractivity contribution >= 4 is 15.9 Å². The fourth-order valence-corrected chi connectivity index (χ4v) is 6.21. The molecule has 3 heterocycles. The van der Waals surface area contributed by atoms with Gasteiger partial charge in [0.05, 0.1) is 6.61 Å². The first kappa shape index (κ1) is 29.9. The Morgan fingerprint density at radius 1 is 0.861 bits per heavy atom. The standard InChI is InChI=1S/C26H46O9S/c1-6-7-8-9-10-11-12-13-14-15-16-20(27)18-36(28,29)31-19-26-23(34-25(4,5)35-26)22-21(17-30-26)32-24(2,3)33-22/h21-23H,6-19H2,1-5H3/t21-,22-,23?,26+/m1/s1. The molecule has 0 aromatic rings. The summed E-state index contributed by atoms with van der Waals surface area (Å²) in [4.78, 5) is 12.3. The largest absolute Gasteiger partial charge is 0.343 e. The van der Waals surface area contributed by atoms with Gasteiger partial charge in [0.15, 0.2) is 11.6 Å². The minimum atomic E-state index is -4.11. The Morgan fingerprint density at radius 2 is 1.47 bits per heavy atom. The first-order valence-corrected chi connectivity index (χ1v) is 15.2. The molecule has 0 N–H and O–H groups in total. The average Bonchev–Trinajstić information content (AvgIpc) is 3.24. The van der Waals surface area contributed by atoms with Gasteiger partial charge in [-0.15, -0.1) is 0 Å². The molecule has 3 rings (SSSR count). The lowest BCUT2D eigenvalue weighted by Gasteiger charge is -2.40. The molecule has 0 saturated carbocycles. The average molecular weight is 535 g/mol. The molecule has 210 valence electrons. The lowest BCUT2D eigenvalue weighted by molar-refractivity contribution is -0.290.